The predicted molar refractivity (Wildman–Crippen MR) is 78.0 cm³/mol. The van der Waals surface area contributed by atoms with E-state index in [1.54, 1.807) is 21.2 Å². The Hall–Kier alpha value is -1.57. The number of nitrogens with one attached hydrogen (secondary N) is 1. The van der Waals surface area contributed by atoms with Crippen LogP contribution in [0.3, 0.4) is 0 Å². The number of hydrogen-bond donors (Lipinski definition) is 1. The van der Waals surface area contributed by atoms with Gasteiger partial charge in [-0.25, -0.2) is 4.98 Å². The van der Waals surface area contributed by atoms with Crippen LogP contribution in [0.1, 0.15) is 31.4 Å². The van der Waals surface area contributed by atoms with E-state index >= 15 is 0 Å². The molecule has 2 atom stereocenters. The van der Waals surface area contributed by atoms with E-state index in [2.05, 4.69) is 15.3 Å². The minimum absolute atomic E-state index is 0.0141. The van der Waals surface area contributed by atoms with E-state index in [-0.39, 0.29) is 23.9 Å². The molecule has 1 aromatic heterocycles. The molecule has 1 N–H and O–H groups in total. The molecular weight excluding hydrogens is 297 g/mol. The molecule has 0 amide bonds. The van der Waals surface area contributed by atoms with Gasteiger partial charge in [0.05, 0.1) is 6.10 Å². The van der Waals surface area contributed by atoms with Crippen molar-refractivity contribution in [2.75, 3.05) is 31.4 Å². The lowest BCUT2D eigenvalue weighted by Gasteiger charge is -2.29. The Labute approximate surface area is 127 Å². The Balaban J connectivity index is 2.20. The van der Waals surface area contributed by atoms with Crippen molar-refractivity contribution in [2.45, 2.75) is 44.0 Å². The number of halogens is 3. The third-order valence-electron chi connectivity index (χ3n) is 3.75. The highest BCUT2D eigenvalue weighted by molar-refractivity contribution is 5.44. The van der Waals surface area contributed by atoms with Crippen LogP contribution in [0.4, 0.5) is 24.9 Å². The van der Waals surface area contributed by atoms with Crippen LogP contribution in [0.25, 0.3) is 0 Å². The van der Waals surface area contributed by atoms with Crippen molar-refractivity contribution in [1.82, 2.24) is 9.97 Å². The fourth-order valence-electron chi connectivity index (χ4n) is 2.55. The molecule has 5 nitrogen and oxygen atoms in total. The van der Waals surface area contributed by atoms with E-state index in [1.165, 1.54) is 4.90 Å². The van der Waals surface area contributed by atoms with Crippen LogP contribution in [-0.2, 0) is 10.9 Å². The molecule has 1 aliphatic carbocycles. The number of ether oxygens (including phenoxy) is 1. The van der Waals surface area contributed by atoms with E-state index in [0.717, 1.165) is 31.7 Å². The molecule has 1 heterocycles. The number of rotatable bonds is 4. The van der Waals surface area contributed by atoms with Crippen molar-refractivity contribution < 1.29 is 17.9 Å². The van der Waals surface area contributed by atoms with Crippen molar-refractivity contribution in [3.05, 3.63) is 11.8 Å². The first-order valence-corrected chi connectivity index (χ1v) is 7.22. The lowest BCUT2D eigenvalue weighted by Crippen LogP contribution is -2.32. The number of alkyl halides is 3. The first kappa shape index (κ1) is 16.8. The molecule has 124 valence electrons. The fraction of sp³-hybridized carbons (Fsp3) is 0.714. The van der Waals surface area contributed by atoms with E-state index in [4.69, 9.17) is 4.74 Å². The lowest BCUT2D eigenvalue weighted by molar-refractivity contribution is -0.141. The SMILES string of the molecule is COC1CCCC(Nc2nc(N(C)C)cc(C(F)(F)F)n2)C1. The van der Waals surface area contributed by atoms with Gasteiger partial charge in [0.15, 0.2) is 5.69 Å². The van der Waals surface area contributed by atoms with Gasteiger partial charge < -0.3 is 15.0 Å². The topological polar surface area (TPSA) is 50.3 Å². The smallest absolute Gasteiger partial charge is 0.381 e. The molecule has 0 aliphatic heterocycles. The molecule has 0 spiro atoms. The molecule has 8 heteroatoms. The average Bonchev–Trinajstić information content (AvgIpc) is 2.46. The van der Waals surface area contributed by atoms with Gasteiger partial charge in [-0.2, -0.15) is 18.2 Å². The van der Waals surface area contributed by atoms with Crippen molar-refractivity contribution >= 4 is 11.8 Å². The van der Waals surface area contributed by atoms with Crippen molar-refractivity contribution in [3.63, 3.8) is 0 Å². The highest BCUT2D eigenvalue weighted by atomic mass is 19.4. The van der Waals surface area contributed by atoms with Gasteiger partial charge in [0.25, 0.3) is 0 Å². The summed E-state index contributed by atoms with van der Waals surface area (Å²) in [5.74, 6) is 0.240. The van der Waals surface area contributed by atoms with Crippen LogP contribution in [0.15, 0.2) is 6.07 Å². The summed E-state index contributed by atoms with van der Waals surface area (Å²) in [6.45, 7) is 0. The quantitative estimate of drug-likeness (QED) is 0.925. The number of aromatic nitrogens is 2. The average molecular weight is 318 g/mol. The van der Waals surface area contributed by atoms with Crippen LogP contribution in [0.2, 0.25) is 0 Å². The number of nitrogens with zero attached hydrogens (tertiary/aromatic N) is 3. The van der Waals surface area contributed by atoms with Crippen LogP contribution < -0.4 is 10.2 Å². The predicted octanol–water partition coefficient (Wildman–Crippen LogP) is 2.93. The Morgan fingerprint density at radius 3 is 2.59 bits per heavy atom. The minimum Gasteiger partial charge on any atom is -0.381 e. The highest BCUT2D eigenvalue weighted by Crippen LogP contribution is 2.31. The molecule has 0 radical (unpaired) electrons. The van der Waals surface area contributed by atoms with Gasteiger partial charge in [-0.3, -0.25) is 0 Å². The summed E-state index contributed by atoms with van der Waals surface area (Å²) in [6.07, 6.45) is -0.808. The maximum atomic E-state index is 12.9. The van der Waals surface area contributed by atoms with Crippen LogP contribution in [0, 0.1) is 0 Å². The summed E-state index contributed by atoms with van der Waals surface area (Å²) >= 11 is 0. The molecule has 0 saturated heterocycles. The van der Waals surface area contributed by atoms with Crippen molar-refractivity contribution in [3.8, 4) is 0 Å². The third-order valence-corrected chi connectivity index (χ3v) is 3.75. The van der Waals surface area contributed by atoms with Gasteiger partial charge in [0.1, 0.15) is 5.82 Å². The largest absolute Gasteiger partial charge is 0.433 e. The molecule has 1 aromatic rings. The van der Waals surface area contributed by atoms with E-state index in [9.17, 15) is 13.2 Å². The second kappa shape index (κ2) is 6.68. The molecule has 1 fully saturated rings. The van der Waals surface area contributed by atoms with Gasteiger partial charge >= 0.3 is 6.18 Å². The maximum absolute atomic E-state index is 12.9. The molecule has 1 saturated carbocycles. The Morgan fingerprint density at radius 2 is 2.00 bits per heavy atom. The van der Waals surface area contributed by atoms with E-state index in [1.807, 2.05) is 0 Å². The summed E-state index contributed by atoms with van der Waals surface area (Å²) in [7, 11) is 4.94. The molecule has 0 aromatic carbocycles. The second-order valence-corrected chi connectivity index (χ2v) is 5.69. The van der Waals surface area contributed by atoms with Crippen LogP contribution in [-0.4, -0.2) is 43.3 Å². The first-order chi connectivity index (χ1) is 10.3. The van der Waals surface area contributed by atoms with Crippen molar-refractivity contribution in [1.29, 1.82) is 0 Å². The standard InChI is InChI=1S/C14H21F3N4O/c1-21(2)12-8-11(14(15,16)17)19-13(20-12)18-9-5-4-6-10(7-9)22-3/h8-10H,4-7H2,1-3H3,(H,18,19,20). The first-order valence-electron chi connectivity index (χ1n) is 7.22. The van der Waals surface area contributed by atoms with Gasteiger partial charge in [-0.05, 0) is 25.7 Å². The maximum Gasteiger partial charge on any atom is 0.433 e. The third kappa shape index (κ3) is 4.22. The zero-order chi connectivity index (χ0) is 16.3. The van der Waals surface area contributed by atoms with Gasteiger partial charge in [-0.15, -0.1) is 0 Å². The zero-order valence-corrected chi connectivity index (χ0v) is 12.9. The molecule has 2 unspecified atom stereocenters. The summed E-state index contributed by atoms with van der Waals surface area (Å²) in [6, 6.07) is 0.974. The monoisotopic (exact) mass is 318 g/mol. The molecule has 0 bridgehead atoms. The normalized spacial score (nSPS) is 22.5. The number of anilines is 2. The Kier molecular flexibility index (Phi) is 5.10. The van der Waals surface area contributed by atoms with Gasteiger partial charge in [0, 0.05) is 33.3 Å². The summed E-state index contributed by atoms with van der Waals surface area (Å²) in [5, 5.41) is 3.02. The lowest BCUT2D eigenvalue weighted by atomic mass is 9.93. The molecule has 22 heavy (non-hydrogen) atoms. The van der Waals surface area contributed by atoms with Gasteiger partial charge in [-0.1, -0.05) is 0 Å². The molecular formula is C14H21F3N4O. The van der Waals surface area contributed by atoms with E-state index in [0.29, 0.717) is 0 Å². The zero-order valence-electron chi connectivity index (χ0n) is 12.9. The van der Waals surface area contributed by atoms with Crippen LogP contribution >= 0.6 is 0 Å². The number of hydrogen-bond acceptors (Lipinski definition) is 5. The van der Waals surface area contributed by atoms with Crippen molar-refractivity contribution in [2.24, 2.45) is 0 Å². The molecule has 2 rings (SSSR count). The molecule has 1 aliphatic rings. The van der Waals surface area contributed by atoms with Gasteiger partial charge in [0.2, 0.25) is 5.95 Å². The Morgan fingerprint density at radius 1 is 1.27 bits per heavy atom. The highest BCUT2D eigenvalue weighted by Gasteiger charge is 2.34. The summed E-state index contributed by atoms with van der Waals surface area (Å²) in [4.78, 5) is 9.30. The second-order valence-electron chi connectivity index (χ2n) is 5.69. The number of methoxy groups -OCH3 is 1. The Bertz CT molecular complexity index is 507. The van der Waals surface area contributed by atoms with E-state index < -0.39 is 11.9 Å². The summed E-state index contributed by atoms with van der Waals surface area (Å²) < 4.78 is 44.2. The fourth-order valence-corrected chi connectivity index (χ4v) is 2.55. The summed E-state index contributed by atoms with van der Waals surface area (Å²) in [5.41, 5.74) is -0.937. The van der Waals surface area contributed by atoms with Crippen LogP contribution in [0.5, 0.6) is 0 Å². The minimum atomic E-state index is -4.49.